The summed E-state index contributed by atoms with van der Waals surface area (Å²) in [6.07, 6.45) is 19.2. The van der Waals surface area contributed by atoms with Gasteiger partial charge in [-0.25, -0.2) is 0 Å². The third-order valence-corrected chi connectivity index (χ3v) is 11.1. The van der Waals surface area contributed by atoms with Gasteiger partial charge in [-0.15, -0.1) is 0 Å². The molecule has 0 aromatic carbocycles. The Kier molecular flexibility index (Phi) is 6.32. The van der Waals surface area contributed by atoms with E-state index >= 15 is 0 Å². The van der Waals surface area contributed by atoms with Crippen LogP contribution in [-0.4, -0.2) is 0 Å². The van der Waals surface area contributed by atoms with Gasteiger partial charge in [-0.1, -0.05) is 78.4 Å². The van der Waals surface area contributed by atoms with Gasteiger partial charge in [-0.05, 0) is 104 Å². The lowest BCUT2D eigenvalue weighted by molar-refractivity contribution is 0.00919. The predicted molar refractivity (Wildman–Crippen MR) is 127 cm³/mol. The lowest BCUT2D eigenvalue weighted by atomic mass is 9.49. The van der Waals surface area contributed by atoms with Crippen LogP contribution in [0.2, 0.25) is 0 Å². The molecule has 0 radical (unpaired) electrons. The van der Waals surface area contributed by atoms with Gasteiger partial charge in [-0.2, -0.15) is 0 Å². The second-order valence-electron chi connectivity index (χ2n) is 12.6. The van der Waals surface area contributed by atoms with Gasteiger partial charge in [0.1, 0.15) is 0 Å². The van der Waals surface area contributed by atoms with Gasteiger partial charge in [-0.3, -0.25) is 0 Å². The van der Waals surface area contributed by atoms with Crippen molar-refractivity contribution in [2.45, 2.75) is 125 Å². The molecule has 0 N–H and O–H groups in total. The average Bonchev–Trinajstić information content (AvgIpc) is 3.05. The molecule has 166 valence electrons. The second-order valence-corrected chi connectivity index (χ2v) is 12.6. The van der Waals surface area contributed by atoms with Crippen LogP contribution in [0.4, 0.5) is 0 Å². The summed E-state index contributed by atoms with van der Waals surface area (Å²) in [5.41, 5.74) is 5.19. The summed E-state index contributed by atoms with van der Waals surface area (Å²) < 4.78 is 0. The molecule has 0 aliphatic heterocycles. The largest absolute Gasteiger partial charge is 0.0668 e. The second kappa shape index (κ2) is 8.35. The molecular formula is C29H50. The molecule has 0 saturated heterocycles. The van der Waals surface area contributed by atoms with Crippen LogP contribution >= 0.6 is 0 Å². The molecule has 3 fully saturated rings. The van der Waals surface area contributed by atoms with Gasteiger partial charge in [0.2, 0.25) is 0 Å². The molecule has 4 rings (SSSR count). The Bertz CT molecular complexity index is 612. The molecule has 4 aliphatic carbocycles. The van der Waals surface area contributed by atoms with Crippen molar-refractivity contribution in [3.8, 4) is 0 Å². The van der Waals surface area contributed by atoms with Crippen LogP contribution in [-0.2, 0) is 0 Å². The lowest BCUT2D eigenvalue weighted by Crippen LogP contribution is -2.46. The summed E-state index contributed by atoms with van der Waals surface area (Å²) in [6.45, 7) is 15.3. The van der Waals surface area contributed by atoms with E-state index in [1.807, 2.05) is 11.1 Å². The molecule has 0 heteroatoms. The zero-order valence-electron chi connectivity index (χ0n) is 20.7. The first-order valence-electron chi connectivity index (χ1n) is 13.5. The number of hydrogen-bond acceptors (Lipinski definition) is 0. The fourth-order valence-electron chi connectivity index (χ4n) is 9.17. The number of hydrogen-bond donors (Lipinski definition) is 0. The van der Waals surface area contributed by atoms with E-state index in [9.17, 15) is 0 Å². The van der Waals surface area contributed by atoms with E-state index in [-0.39, 0.29) is 0 Å². The van der Waals surface area contributed by atoms with Crippen molar-refractivity contribution in [3.63, 3.8) is 0 Å². The average molecular weight is 399 g/mol. The first-order valence-corrected chi connectivity index (χ1v) is 13.5. The van der Waals surface area contributed by atoms with E-state index < -0.39 is 0 Å². The van der Waals surface area contributed by atoms with Crippen LogP contribution in [0.3, 0.4) is 0 Å². The predicted octanol–water partition coefficient (Wildman–Crippen LogP) is 9.20. The van der Waals surface area contributed by atoms with Crippen molar-refractivity contribution < 1.29 is 0 Å². The third-order valence-electron chi connectivity index (χ3n) is 11.1. The number of allylic oxidation sites excluding steroid dienone is 2. The van der Waals surface area contributed by atoms with Crippen LogP contribution < -0.4 is 0 Å². The van der Waals surface area contributed by atoms with Crippen molar-refractivity contribution in [3.05, 3.63) is 11.1 Å². The topological polar surface area (TPSA) is 0 Å². The van der Waals surface area contributed by atoms with Gasteiger partial charge < -0.3 is 0 Å². The molecule has 7 unspecified atom stereocenters. The summed E-state index contributed by atoms with van der Waals surface area (Å²) >= 11 is 0. The number of rotatable bonds is 6. The maximum absolute atomic E-state index is 2.70. The molecule has 0 bridgehead atoms. The van der Waals surface area contributed by atoms with E-state index in [2.05, 4.69) is 41.5 Å². The standard InChI is InChI=1S/C29H50/c1-7-22(20(2)3)12-11-21(4)25-15-16-26-24-14-13-23-10-8-9-18-28(23,5)27(24)17-19-29(25,26)6/h20-23,25,27H,7-19H2,1-6H3. The first-order chi connectivity index (χ1) is 13.8. The van der Waals surface area contributed by atoms with Crippen LogP contribution in [0, 0.1) is 46.3 Å². The Balaban J connectivity index is 1.52. The van der Waals surface area contributed by atoms with Gasteiger partial charge in [0.25, 0.3) is 0 Å². The van der Waals surface area contributed by atoms with E-state index in [1.54, 1.807) is 0 Å². The Labute approximate surface area is 182 Å². The highest BCUT2D eigenvalue weighted by molar-refractivity contribution is 5.34. The molecule has 0 aromatic heterocycles. The monoisotopic (exact) mass is 398 g/mol. The van der Waals surface area contributed by atoms with Crippen molar-refractivity contribution in [1.29, 1.82) is 0 Å². The highest BCUT2D eigenvalue weighted by atomic mass is 14.6. The van der Waals surface area contributed by atoms with E-state index in [1.165, 1.54) is 83.5 Å². The molecule has 4 aliphatic rings. The van der Waals surface area contributed by atoms with Crippen molar-refractivity contribution in [2.75, 3.05) is 0 Å². The molecule has 0 amide bonds. The fourth-order valence-corrected chi connectivity index (χ4v) is 9.17. The minimum Gasteiger partial charge on any atom is -0.0668 e. The Hall–Kier alpha value is -0.260. The highest BCUT2D eigenvalue weighted by Crippen LogP contribution is 2.65. The number of fused-ring (bicyclic) bond motifs is 4. The van der Waals surface area contributed by atoms with Crippen molar-refractivity contribution >= 4 is 0 Å². The van der Waals surface area contributed by atoms with Crippen molar-refractivity contribution in [2.24, 2.45) is 46.3 Å². The summed E-state index contributed by atoms with van der Waals surface area (Å²) in [5.74, 6) is 5.63. The summed E-state index contributed by atoms with van der Waals surface area (Å²) in [6, 6.07) is 0. The maximum atomic E-state index is 2.70. The molecule has 0 spiro atoms. The minimum absolute atomic E-state index is 0.544. The Morgan fingerprint density at radius 3 is 2.41 bits per heavy atom. The van der Waals surface area contributed by atoms with Crippen LogP contribution in [0.5, 0.6) is 0 Å². The molecular weight excluding hydrogens is 348 g/mol. The van der Waals surface area contributed by atoms with E-state index in [4.69, 9.17) is 0 Å². The summed E-state index contributed by atoms with van der Waals surface area (Å²) in [7, 11) is 0. The molecule has 7 atom stereocenters. The van der Waals surface area contributed by atoms with Crippen LogP contribution in [0.25, 0.3) is 0 Å². The lowest BCUT2D eigenvalue weighted by Gasteiger charge is -2.56. The molecule has 0 heterocycles. The van der Waals surface area contributed by atoms with Crippen LogP contribution in [0.15, 0.2) is 11.1 Å². The SMILES string of the molecule is CCC(CCC(C)C1CCC2=C3CCC4CCCCC4(C)C3CCC21C)C(C)C. The van der Waals surface area contributed by atoms with Gasteiger partial charge in [0.15, 0.2) is 0 Å². The van der Waals surface area contributed by atoms with Gasteiger partial charge in [0.05, 0.1) is 0 Å². The normalized spacial score (nSPS) is 41.7. The maximum Gasteiger partial charge on any atom is -0.00825 e. The van der Waals surface area contributed by atoms with Gasteiger partial charge >= 0.3 is 0 Å². The van der Waals surface area contributed by atoms with E-state index in [0.29, 0.717) is 10.8 Å². The fraction of sp³-hybridized carbons (Fsp3) is 0.931. The Morgan fingerprint density at radius 2 is 1.69 bits per heavy atom. The highest BCUT2D eigenvalue weighted by Gasteiger charge is 2.54. The third kappa shape index (κ3) is 3.67. The first kappa shape index (κ1) is 22.0. The smallest absolute Gasteiger partial charge is 0.00825 e. The quantitative estimate of drug-likeness (QED) is 0.391. The molecule has 29 heavy (non-hydrogen) atoms. The van der Waals surface area contributed by atoms with Crippen LogP contribution in [0.1, 0.15) is 125 Å². The summed E-state index contributed by atoms with van der Waals surface area (Å²) in [4.78, 5) is 0. The van der Waals surface area contributed by atoms with Gasteiger partial charge in [0, 0.05) is 0 Å². The Morgan fingerprint density at radius 1 is 0.897 bits per heavy atom. The van der Waals surface area contributed by atoms with E-state index in [0.717, 1.165) is 35.5 Å². The zero-order chi connectivity index (χ0) is 20.8. The molecule has 0 aromatic rings. The van der Waals surface area contributed by atoms with Crippen molar-refractivity contribution in [1.82, 2.24) is 0 Å². The molecule has 0 nitrogen and oxygen atoms in total. The summed E-state index contributed by atoms with van der Waals surface area (Å²) in [5, 5.41) is 0. The minimum atomic E-state index is 0.544. The zero-order valence-corrected chi connectivity index (χ0v) is 20.7. The molecule has 3 saturated carbocycles.